The highest BCUT2D eigenvalue weighted by Crippen LogP contribution is 2.27. The summed E-state index contributed by atoms with van der Waals surface area (Å²) in [6, 6.07) is 7.67. The number of H-pyrrole nitrogens is 1. The maximum Gasteiger partial charge on any atom is 0.141 e. The van der Waals surface area contributed by atoms with Crippen LogP contribution in [0.25, 0.3) is 28.0 Å². The number of hydrogen-bond donors (Lipinski definition) is 1. The molecule has 0 bridgehead atoms. The summed E-state index contributed by atoms with van der Waals surface area (Å²) in [6.45, 7) is 7.67. The number of benzene rings is 1. The molecule has 1 saturated heterocycles. The Morgan fingerprint density at radius 3 is 2.89 bits per heavy atom. The van der Waals surface area contributed by atoms with E-state index < -0.39 is 11.6 Å². The molecule has 4 heterocycles. The Labute approximate surface area is 207 Å². The second kappa shape index (κ2) is 10.3. The van der Waals surface area contributed by atoms with Crippen molar-refractivity contribution in [2.75, 3.05) is 32.7 Å². The zero-order chi connectivity index (χ0) is 25.1. The molecule has 0 aliphatic carbocycles. The largest absolute Gasteiger partial charge is 0.370 e. The molecule has 4 aromatic rings. The van der Waals surface area contributed by atoms with Gasteiger partial charge in [-0.3, -0.25) is 9.58 Å². The maximum atomic E-state index is 14.3. The van der Waals surface area contributed by atoms with Crippen molar-refractivity contribution >= 4 is 16.7 Å². The molecule has 5 rings (SSSR count). The van der Waals surface area contributed by atoms with Crippen molar-refractivity contribution in [3.8, 4) is 17.3 Å². The van der Waals surface area contributed by atoms with Crippen molar-refractivity contribution in [2.24, 2.45) is 0 Å². The summed E-state index contributed by atoms with van der Waals surface area (Å²) in [4.78, 5) is 16.1. The van der Waals surface area contributed by atoms with Gasteiger partial charge in [-0.2, -0.15) is 10.4 Å². The molecular formula is C26H26F2N8. The number of nitrogens with one attached hydrogen (secondary N) is 1. The van der Waals surface area contributed by atoms with Gasteiger partial charge in [0.1, 0.15) is 23.6 Å². The summed E-state index contributed by atoms with van der Waals surface area (Å²) < 4.78 is 29.4. The average molecular weight is 489 g/mol. The summed E-state index contributed by atoms with van der Waals surface area (Å²) in [5.74, 6) is -1.21. The number of rotatable bonds is 7. The van der Waals surface area contributed by atoms with Crippen LogP contribution in [-0.2, 0) is 0 Å². The SMILES string of the molecule is C=C(c1ccc(F)cc1F)N1CCCN(CC(CC#N)n2cc(-c3ncnc4[nH]ccc34)cn2)CC1. The number of hydrogen-bond acceptors (Lipinski definition) is 6. The molecule has 3 aromatic heterocycles. The van der Waals surface area contributed by atoms with E-state index in [9.17, 15) is 14.0 Å². The summed E-state index contributed by atoms with van der Waals surface area (Å²) in [5, 5.41) is 15.0. The third-order valence-electron chi connectivity index (χ3n) is 6.61. The van der Waals surface area contributed by atoms with Crippen LogP contribution < -0.4 is 0 Å². The Morgan fingerprint density at radius 2 is 2.06 bits per heavy atom. The van der Waals surface area contributed by atoms with E-state index in [-0.39, 0.29) is 6.04 Å². The first-order valence-corrected chi connectivity index (χ1v) is 11.8. The van der Waals surface area contributed by atoms with Gasteiger partial charge in [0.25, 0.3) is 0 Å². The van der Waals surface area contributed by atoms with E-state index in [0.717, 1.165) is 54.4 Å². The third kappa shape index (κ3) is 4.83. The molecule has 1 aliphatic heterocycles. The first-order chi connectivity index (χ1) is 17.5. The van der Waals surface area contributed by atoms with Crippen LogP contribution in [0.4, 0.5) is 8.78 Å². The van der Waals surface area contributed by atoms with Gasteiger partial charge in [0.05, 0.1) is 30.4 Å². The van der Waals surface area contributed by atoms with Gasteiger partial charge in [-0.05, 0) is 31.2 Å². The summed E-state index contributed by atoms with van der Waals surface area (Å²) in [5.41, 5.74) is 3.29. The van der Waals surface area contributed by atoms with E-state index in [4.69, 9.17) is 0 Å². The third-order valence-corrected chi connectivity index (χ3v) is 6.61. The lowest BCUT2D eigenvalue weighted by Gasteiger charge is -2.27. The Balaban J connectivity index is 1.28. The monoisotopic (exact) mass is 488 g/mol. The van der Waals surface area contributed by atoms with Gasteiger partial charge < -0.3 is 9.88 Å². The van der Waals surface area contributed by atoms with Gasteiger partial charge in [0.15, 0.2) is 0 Å². The van der Waals surface area contributed by atoms with Gasteiger partial charge in [0.2, 0.25) is 0 Å². The molecule has 1 aliphatic rings. The number of nitrogens with zero attached hydrogens (tertiary/aromatic N) is 7. The first-order valence-electron chi connectivity index (χ1n) is 11.8. The van der Waals surface area contributed by atoms with E-state index in [1.165, 1.54) is 18.5 Å². The van der Waals surface area contributed by atoms with Gasteiger partial charge in [-0.15, -0.1) is 0 Å². The minimum atomic E-state index is -0.606. The van der Waals surface area contributed by atoms with E-state index in [1.807, 2.05) is 28.0 Å². The fourth-order valence-electron chi connectivity index (χ4n) is 4.72. The second-order valence-corrected chi connectivity index (χ2v) is 8.90. The predicted octanol–water partition coefficient (Wildman–Crippen LogP) is 4.23. The van der Waals surface area contributed by atoms with Gasteiger partial charge in [0, 0.05) is 66.8 Å². The minimum Gasteiger partial charge on any atom is -0.370 e. The highest BCUT2D eigenvalue weighted by molar-refractivity contribution is 5.89. The van der Waals surface area contributed by atoms with E-state index in [2.05, 4.69) is 37.6 Å². The summed E-state index contributed by atoms with van der Waals surface area (Å²) in [6.07, 6.45) is 8.22. The molecule has 1 fully saturated rings. The van der Waals surface area contributed by atoms with Crippen LogP contribution in [0.2, 0.25) is 0 Å². The van der Waals surface area contributed by atoms with Crippen molar-refractivity contribution in [1.29, 1.82) is 5.26 Å². The number of aromatic nitrogens is 5. The maximum absolute atomic E-state index is 14.3. The molecule has 1 N–H and O–H groups in total. The van der Waals surface area contributed by atoms with Crippen LogP contribution in [-0.4, -0.2) is 67.3 Å². The molecule has 1 unspecified atom stereocenters. The second-order valence-electron chi connectivity index (χ2n) is 8.90. The van der Waals surface area contributed by atoms with Gasteiger partial charge in [-0.25, -0.2) is 18.7 Å². The molecule has 10 heteroatoms. The van der Waals surface area contributed by atoms with Crippen molar-refractivity contribution in [1.82, 2.24) is 34.5 Å². The predicted molar refractivity (Wildman–Crippen MR) is 132 cm³/mol. The lowest BCUT2D eigenvalue weighted by atomic mass is 10.1. The number of fused-ring (bicyclic) bond motifs is 1. The fraction of sp³-hybridized carbons (Fsp3) is 0.308. The molecule has 184 valence electrons. The fourth-order valence-corrected chi connectivity index (χ4v) is 4.72. The first kappa shape index (κ1) is 23.6. The van der Waals surface area contributed by atoms with Crippen molar-refractivity contribution in [2.45, 2.75) is 18.9 Å². The van der Waals surface area contributed by atoms with Gasteiger partial charge >= 0.3 is 0 Å². The Hall–Kier alpha value is -4.10. The van der Waals surface area contributed by atoms with Crippen LogP contribution in [0.3, 0.4) is 0 Å². The lowest BCUT2D eigenvalue weighted by Crippen LogP contribution is -2.34. The van der Waals surface area contributed by atoms with E-state index in [0.29, 0.717) is 30.8 Å². The zero-order valence-electron chi connectivity index (χ0n) is 19.7. The smallest absolute Gasteiger partial charge is 0.141 e. The molecule has 0 saturated carbocycles. The highest BCUT2D eigenvalue weighted by atomic mass is 19.1. The average Bonchev–Trinajstić information content (AvgIpc) is 3.49. The molecule has 1 aromatic carbocycles. The van der Waals surface area contributed by atoms with E-state index in [1.54, 1.807) is 6.20 Å². The summed E-state index contributed by atoms with van der Waals surface area (Å²) >= 11 is 0. The Kier molecular flexibility index (Phi) is 6.73. The lowest BCUT2D eigenvalue weighted by molar-refractivity contribution is 0.233. The minimum absolute atomic E-state index is 0.128. The molecule has 8 nitrogen and oxygen atoms in total. The highest BCUT2D eigenvalue weighted by Gasteiger charge is 2.23. The topological polar surface area (TPSA) is 89.7 Å². The molecule has 0 amide bonds. The normalized spacial score (nSPS) is 15.5. The Morgan fingerprint density at radius 1 is 1.17 bits per heavy atom. The summed E-state index contributed by atoms with van der Waals surface area (Å²) in [7, 11) is 0. The quantitative estimate of drug-likeness (QED) is 0.419. The van der Waals surface area contributed by atoms with Crippen LogP contribution >= 0.6 is 0 Å². The van der Waals surface area contributed by atoms with E-state index >= 15 is 0 Å². The Bertz CT molecular complexity index is 1420. The number of nitriles is 1. The van der Waals surface area contributed by atoms with Crippen molar-refractivity contribution in [3.05, 3.63) is 73.0 Å². The number of aromatic amines is 1. The van der Waals surface area contributed by atoms with Crippen LogP contribution in [0.15, 0.2) is 55.8 Å². The van der Waals surface area contributed by atoms with Crippen molar-refractivity contribution in [3.63, 3.8) is 0 Å². The molecule has 0 radical (unpaired) electrons. The zero-order valence-corrected chi connectivity index (χ0v) is 19.7. The van der Waals surface area contributed by atoms with Crippen molar-refractivity contribution < 1.29 is 8.78 Å². The molecule has 36 heavy (non-hydrogen) atoms. The van der Waals surface area contributed by atoms with Crippen LogP contribution in [0.5, 0.6) is 0 Å². The van der Waals surface area contributed by atoms with Gasteiger partial charge in [-0.1, -0.05) is 6.58 Å². The standard InChI is InChI=1S/C26H26F2N8/c1-18(22-4-3-20(27)13-24(22)28)35-10-2-9-34(11-12-35)16-21(5-7-29)36-15-19(14-33-36)25-23-6-8-30-26(23)32-17-31-25/h3-4,6,8,13-15,17,21H,1-2,5,9-12,16H2,(H,30,31,32). The molecule has 1 atom stereocenters. The number of halogens is 2. The molecule has 0 spiro atoms. The van der Waals surface area contributed by atoms with Crippen LogP contribution in [0, 0.1) is 23.0 Å². The molecular weight excluding hydrogens is 462 g/mol. The van der Waals surface area contributed by atoms with Crippen LogP contribution in [0.1, 0.15) is 24.4 Å².